The number of rotatable bonds is 6. The Morgan fingerprint density at radius 3 is 2.33 bits per heavy atom. The van der Waals surface area contributed by atoms with Crippen LogP contribution in [-0.4, -0.2) is 26.9 Å². The van der Waals surface area contributed by atoms with Crippen LogP contribution in [0.25, 0.3) is 0 Å². The lowest BCUT2D eigenvalue weighted by atomic mass is 10.1. The SMILES string of the molecule is COc1cc(Br)c(CCN)c(OC(C)C)c1OC. The minimum Gasteiger partial charge on any atom is -0.493 e. The molecule has 102 valence electrons. The van der Waals surface area contributed by atoms with Crippen molar-refractivity contribution in [3.63, 3.8) is 0 Å². The fourth-order valence-electron chi connectivity index (χ4n) is 1.71. The second-order valence-corrected chi connectivity index (χ2v) is 4.96. The topological polar surface area (TPSA) is 53.7 Å². The van der Waals surface area contributed by atoms with E-state index in [1.54, 1.807) is 14.2 Å². The molecule has 0 amide bonds. The number of halogens is 1. The fraction of sp³-hybridized carbons (Fsp3) is 0.538. The number of hydrogen-bond donors (Lipinski definition) is 1. The zero-order valence-electron chi connectivity index (χ0n) is 11.2. The molecule has 0 saturated carbocycles. The van der Waals surface area contributed by atoms with Crippen molar-refractivity contribution in [3.8, 4) is 17.2 Å². The summed E-state index contributed by atoms with van der Waals surface area (Å²) >= 11 is 3.52. The molecule has 0 atom stereocenters. The third-order valence-electron chi connectivity index (χ3n) is 2.42. The number of hydrogen-bond acceptors (Lipinski definition) is 4. The summed E-state index contributed by atoms with van der Waals surface area (Å²) in [6.45, 7) is 4.49. The number of methoxy groups -OCH3 is 2. The smallest absolute Gasteiger partial charge is 0.203 e. The molecule has 0 aliphatic heterocycles. The van der Waals surface area contributed by atoms with Gasteiger partial charge in [-0.2, -0.15) is 0 Å². The van der Waals surface area contributed by atoms with Gasteiger partial charge in [0.1, 0.15) is 0 Å². The first-order valence-electron chi connectivity index (χ1n) is 5.85. The maximum Gasteiger partial charge on any atom is 0.203 e. The van der Waals surface area contributed by atoms with Crippen molar-refractivity contribution < 1.29 is 14.2 Å². The van der Waals surface area contributed by atoms with E-state index >= 15 is 0 Å². The molecule has 0 aliphatic carbocycles. The van der Waals surface area contributed by atoms with Crippen LogP contribution in [0.3, 0.4) is 0 Å². The largest absolute Gasteiger partial charge is 0.493 e. The van der Waals surface area contributed by atoms with E-state index in [4.69, 9.17) is 19.9 Å². The zero-order valence-corrected chi connectivity index (χ0v) is 12.8. The van der Waals surface area contributed by atoms with E-state index < -0.39 is 0 Å². The Morgan fingerprint density at radius 1 is 1.22 bits per heavy atom. The van der Waals surface area contributed by atoms with Gasteiger partial charge in [0, 0.05) is 10.0 Å². The second-order valence-electron chi connectivity index (χ2n) is 4.11. The average molecular weight is 318 g/mol. The molecule has 5 heteroatoms. The van der Waals surface area contributed by atoms with Gasteiger partial charge in [-0.15, -0.1) is 0 Å². The molecule has 1 rings (SSSR count). The minimum absolute atomic E-state index is 0.0504. The van der Waals surface area contributed by atoms with Gasteiger partial charge in [-0.3, -0.25) is 0 Å². The third kappa shape index (κ3) is 3.29. The Hall–Kier alpha value is -0.940. The third-order valence-corrected chi connectivity index (χ3v) is 3.13. The lowest BCUT2D eigenvalue weighted by molar-refractivity contribution is 0.224. The zero-order chi connectivity index (χ0) is 13.7. The van der Waals surface area contributed by atoms with Crippen LogP contribution in [0.1, 0.15) is 19.4 Å². The molecule has 0 heterocycles. The Balaban J connectivity index is 3.39. The molecule has 0 bridgehead atoms. The summed E-state index contributed by atoms with van der Waals surface area (Å²) in [7, 11) is 3.21. The lowest BCUT2D eigenvalue weighted by Gasteiger charge is -2.20. The van der Waals surface area contributed by atoms with Gasteiger partial charge in [0.05, 0.1) is 20.3 Å². The first kappa shape index (κ1) is 15.1. The van der Waals surface area contributed by atoms with Crippen LogP contribution in [-0.2, 0) is 6.42 Å². The minimum atomic E-state index is 0.0504. The first-order chi connectivity index (χ1) is 8.54. The molecule has 2 N–H and O–H groups in total. The molecule has 18 heavy (non-hydrogen) atoms. The van der Waals surface area contributed by atoms with E-state index in [-0.39, 0.29) is 6.10 Å². The van der Waals surface area contributed by atoms with E-state index in [0.717, 1.165) is 10.0 Å². The highest BCUT2D eigenvalue weighted by atomic mass is 79.9. The maximum absolute atomic E-state index is 5.85. The molecule has 1 aromatic rings. The highest BCUT2D eigenvalue weighted by Gasteiger charge is 2.20. The number of benzene rings is 1. The molecule has 4 nitrogen and oxygen atoms in total. The molecule has 0 aromatic heterocycles. The van der Waals surface area contributed by atoms with Gasteiger partial charge < -0.3 is 19.9 Å². The average Bonchev–Trinajstić information content (AvgIpc) is 2.32. The summed E-state index contributed by atoms with van der Waals surface area (Å²) in [5.41, 5.74) is 6.65. The van der Waals surface area contributed by atoms with Gasteiger partial charge in [0.25, 0.3) is 0 Å². The van der Waals surface area contributed by atoms with Crippen LogP contribution in [0, 0.1) is 0 Å². The lowest BCUT2D eigenvalue weighted by Crippen LogP contribution is -2.12. The van der Waals surface area contributed by atoms with Crippen LogP contribution < -0.4 is 19.9 Å². The van der Waals surface area contributed by atoms with E-state index in [0.29, 0.717) is 30.2 Å². The standard InChI is InChI=1S/C13H20BrNO3/c1-8(2)18-12-9(5-6-15)10(14)7-11(16-3)13(12)17-4/h7-8H,5-6,15H2,1-4H3. The predicted octanol–water partition coefficient (Wildman–Crippen LogP) is 2.75. The molecule has 0 radical (unpaired) electrons. The molecule has 0 unspecified atom stereocenters. The van der Waals surface area contributed by atoms with E-state index in [2.05, 4.69) is 15.9 Å². The molecule has 0 fully saturated rings. The summed E-state index contributed by atoms with van der Waals surface area (Å²) in [5, 5.41) is 0. The molecular weight excluding hydrogens is 298 g/mol. The Bertz CT molecular complexity index is 408. The van der Waals surface area contributed by atoms with Crippen molar-refractivity contribution in [1.29, 1.82) is 0 Å². The van der Waals surface area contributed by atoms with Crippen molar-refractivity contribution >= 4 is 15.9 Å². The summed E-state index contributed by atoms with van der Waals surface area (Å²) in [6.07, 6.45) is 0.762. The van der Waals surface area contributed by atoms with E-state index in [1.165, 1.54) is 0 Å². The van der Waals surface area contributed by atoms with Gasteiger partial charge in [-0.05, 0) is 32.9 Å². The highest BCUT2D eigenvalue weighted by molar-refractivity contribution is 9.10. The summed E-state index contributed by atoms with van der Waals surface area (Å²) in [6, 6.07) is 1.87. The Labute approximate surface area is 117 Å². The second kappa shape index (κ2) is 6.85. The van der Waals surface area contributed by atoms with Gasteiger partial charge >= 0.3 is 0 Å². The van der Waals surface area contributed by atoms with E-state index in [9.17, 15) is 0 Å². The van der Waals surface area contributed by atoms with Crippen LogP contribution in [0.5, 0.6) is 17.2 Å². The van der Waals surface area contributed by atoms with Crippen LogP contribution in [0.2, 0.25) is 0 Å². The Morgan fingerprint density at radius 2 is 1.89 bits per heavy atom. The number of ether oxygens (including phenoxy) is 3. The summed E-state index contributed by atoms with van der Waals surface area (Å²) in [4.78, 5) is 0. The van der Waals surface area contributed by atoms with Gasteiger partial charge in [-0.1, -0.05) is 15.9 Å². The van der Waals surface area contributed by atoms with Crippen molar-refractivity contribution in [3.05, 3.63) is 16.1 Å². The monoisotopic (exact) mass is 317 g/mol. The van der Waals surface area contributed by atoms with Crippen molar-refractivity contribution in [2.75, 3.05) is 20.8 Å². The summed E-state index contributed by atoms with van der Waals surface area (Å²) < 4.78 is 17.5. The van der Waals surface area contributed by atoms with Crippen molar-refractivity contribution in [1.82, 2.24) is 0 Å². The first-order valence-corrected chi connectivity index (χ1v) is 6.64. The van der Waals surface area contributed by atoms with Gasteiger partial charge in [-0.25, -0.2) is 0 Å². The molecule has 0 spiro atoms. The molecule has 0 saturated heterocycles. The molecule has 1 aromatic carbocycles. The van der Waals surface area contributed by atoms with Gasteiger partial charge in [0.2, 0.25) is 5.75 Å². The van der Waals surface area contributed by atoms with Crippen LogP contribution in [0.4, 0.5) is 0 Å². The summed E-state index contributed by atoms with van der Waals surface area (Å²) in [5.74, 6) is 1.95. The fourth-order valence-corrected chi connectivity index (χ4v) is 2.29. The number of nitrogens with two attached hydrogens (primary N) is 1. The molecular formula is C13H20BrNO3. The Kier molecular flexibility index (Phi) is 5.75. The van der Waals surface area contributed by atoms with Crippen LogP contribution >= 0.6 is 15.9 Å². The van der Waals surface area contributed by atoms with E-state index in [1.807, 2.05) is 19.9 Å². The highest BCUT2D eigenvalue weighted by Crippen LogP contribution is 2.44. The normalized spacial score (nSPS) is 10.6. The predicted molar refractivity (Wildman–Crippen MR) is 75.8 cm³/mol. The van der Waals surface area contributed by atoms with Crippen molar-refractivity contribution in [2.45, 2.75) is 26.4 Å². The quantitative estimate of drug-likeness (QED) is 0.876. The van der Waals surface area contributed by atoms with Crippen molar-refractivity contribution in [2.24, 2.45) is 5.73 Å². The van der Waals surface area contributed by atoms with Crippen LogP contribution in [0.15, 0.2) is 10.5 Å². The molecule has 0 aliphatic rings. The van der Waals surface area contributed by atoms with Gasteiger partial charge in [0.15, 0.2) is 11.5 Å². The maximum atomic E-state index is 5.85.